The Morgan fingerprint density at radius 3 is 2.68 bits per heavy atom. The van der Waals surface area contributed by atoms with Crippen LogP contribution in [0, 0.1) is 18.0 Å². The lowest BCUT2D eigenvalue weighted by atomic mass is 9.92. The Labute approximate surface area is 181 Å². The fourth-order valence-electron chi connectivity index (χ4n) is 4.08. The predicted molar refractivity (Wildman–Crippen MR) is 117 cm³/mol. The minimum absolute atomic E-state index is 0.0166. The van der Waals surface area contributed by atoms with Crippen molar-refractivity contribution in [1.29, 1.82) is 0 Å². The largest absolute Gasteiger partial charge is 0.619 e. The lowest BCUT2D eigenvalue weighted by Crippen LogP contribution is -2.48. The number of hydrogen-bond donors (Lipinski definition) is 1. The number of amides is 2. The van der Waals surface area contributed by atoms with E-state index in [0.717, 1.165) is 29.3 Å². The number of carbonyl (C=O) groups excluding carboxylic acids is 2. The molecule has 2 atom stereocenters. The Hall–Kier alpha value is -3.48. The van der Waals surface area contributed by atoms with E-state index in [1.54, 1.807) is 0 Å². The van der Waals surface area contributed by atoms with Crippen molar-refractivity contribution >= 4 is 22.6 Å². The van der Waals surface area contributed by atoms with Gasteiger partial charge in [0.1, 0.15) is 0 Å². The highest BCUT2D eigenvalue weighted by Gasteiger charge is 2.30. The van der Waals surface area contributed by atoms with Crippen molar-refractivity contribution in [3.05, 3.63) is 77.0 Å². The quantitative estimate of drug-likeness (QED) is 0.521. The van der Waals surface area contributed by atoms with Crippen molar-refractivity contribution in [3.8, 4) is 0 Å². The highest BCUT2D eigenvalue weighted by atomic mass is 16.5. The van der Waals surface area contributed by atoms with Crippen LogP contribution in [0.5, 0.6) is 0 Å². The fourth-order valence-corrected chi connectivity index (χ4v) is 4.08. The summed E-state index contributed by atoms with van der Waals surface area (Å²) in [7, 11) is 0. The summed E-state index contributed by atoms with van der Waals surface area (Å²) in [4.78, 5) is 31.8. The zero-order chi connectivity index (χ0) is 22.0. The maximum atomic E-state index is 13.3. The topological polar surface area (TPSA) is 89.2 Å². The Balaban J connectivity index is 1.43. The number of aromatic nitrogens is 2. The van der Waals surface area contributed by atoms with E-state index in [2.05, 4.69) is 17.2 Å². The number of likely N-dealkylation sites (tertiary alicyclic amines) is 1. The molecule has 1 aliphatic rings. The molecule has 2 unspecified atom stereocenters. The number of pyridine rings is 2. The van der Waals surface area contributed by atoms with Crippen LogP contribution >= 0.6 is 0 Å². The van der Waals surface area contributed by atoms with Gasteiger partial charge in [-0.3, -0.25) is 14.6 Å². The average Bonchev–Trinajstić information content (AvgIpc) is 2.77. The van der Waals surface area contributed by atoms with E-state index in [1.165, 1.54) is 24.5 Å². The van der Waals surface area contributed by atoms with Gasteiger partial charge in [0.2, 0.25) is 0 Å². The standard InChI is InChI=1S/C24H26N4O3/c1-16-11-22-12-20(5-6-21(22)14-25-16)24(30)28-15-18(4-3-17(28)2)13-26-23(29)19-7-9-27(31)10-8-19/h5-12,14,17-18H,3-4,13,15H2,1-2H3,(H,26,29). The lowest BCUT2D eigenvalue weighted by Gasteiger charge is -2.38. The van der Waals surface area contributed by atoms with E-state index in [4.69, 9.17) is 0 Å². The maximum absolute atomic E-state index is 13.3. The Morgan fingerprint density at radius 2 is 1.90 bits per heavy atom. The molecule has 0 saturated carbocycles. The van der Waals surface area contributed by atoms with Crippen LogP contribution in [0.3, 0.4) is 0 Å². The summed E-state index contributed by atoms with van der Waals surface area (Å²) in [6, 6.07) is 10.9. The van der Waals surface area contributed by atoms with Crippen LogP contribution in [0.4, 0.5) is 0 Å². The van der Waals surface area contributed by atoms with Crippen molar-refractivity contribution in [1.82, 2.24) is 15.2 Å². The zero-order valence-corrected chi connectivity index (χ0v) is 17.7. The van der Waals surface area contributed by atoms with Crippen LogP contribution in [0.25, 0.3) is 10.8 Å². The molecule has 0 spiro atoms. The molecule has 0 bridgehead atoms. The van der Waals surface area contributed by atoms with Gasteiger partial charge in [-0.05, 0) is 56.2 Å². The molecule has 0 radical (unpaired) electrons. The predicted octanol–water partition coefficient (Wildman–Crippen LogP) is 2.85. The van der Waals surface area contributed by atoms with Gasteiger partial charge in [0.25, 0.3) is 11.8 Å². The molecular formula is C24H26N4O3. The first-order chi connectivity index (χ1) is 14.9. The summed E-state index contributed by atoms with van der Waals surface area (Å²) in [5.74, 6) is -0.0114. The molecule has 1 aromatic carbocycles. The van der Waals surface area contributed by atoms with Gasteiger partial charge in [-0.1, -0.05) is 6.07 Å². The van der Waals surface area contributed by atoms with E-state index >= 15 is 0 Å². The van der Waals surface area contributed by atoms with Gasteiger partial charge < -0.3 is 15.4 Å². The zero-order valence-electron chi connectivity index (χ0n) is 17.7. The molecule has 7 nitrogen and oxygen atoms in total. The van der Waals surface area contributed by atoms with Crippen LogP contribution in [0.2, 0.25) is 0 Å². The van der Waals surface area contributed by atoms with Gasteiger partial charge >= 0.3 is 0 Å². The number of aryl methyl sites for hydroxylation is 1. The molecule has 1 saturated heterocycles. The van der Waals surface area contributed by atoms with Crippen LogP contribution in [-0.2, 0) is 0 Å². The number of piperidine rings is 1. The van der Waals surface area contributed by atoms with Gasteiger partial charge in [-0.25, -0.2) is 0 Å². The number of rotatable bonds is 4. The van der Waals surface area contributed by atoms with Gasteiger partial charge in [0.15, 0.2) is 12.4 Å². The Morgan fingerprint density at radius 1 is 1.13 bits per heavy atom. The molecule has 0 aliphatic carbocycles. The van der Waals surface area contributed by atoms with Crippen LogP contribution < -0.4 is 10.0 Å². The van der Waals surface area contributed by atoms with Gasteiger partial charge in [0, 0.05) is 54.1 Å². The molecule has 3 aromatic rings. The fraction of sp³-hybridized carbons (Fsp3) is 0.333. The van der Waals surface area contributed by atoms with E-state index in [9.17, 15) is 14.8 Å². The van der Waals surface area contributed by atoms with Crippen LogP contribution in [-0.4, -0.2) is 40.8 Å². The Bertz CT molecular complexity index is 1110. The molecule has 2 amide bonds. The normalized spacial score (nSPS) is 18.7. The maximum Gasteiger partial charge on any atom is 0.254 e. The Kier molecular flexibility index (Phi) is 5.84. The van der Waals surface area contributed by atoms with Crippen molar-refractivity contribution in [2.75, 3.05) is 13.1 Å². The third-order valence-corrected chi connectivity index (χ3v) is 5.96. The minimum atomic E-state index is -0.212. The molecule has 7 heteroatoms. The summed E-state index contributed by atoms with van der Waals surface area (Å²) < 4.78 is 0.646. The molecule has 2 aromatic heterocycles. The number of benzene rings is 1. The van der Waals surface area contributed by atoms with E-state index < -0.39 is 0 Å². The number of fused-ring (bicyclic) bond motifs is 1. The first kappa shape index (κ1) is 20.8. The summed E-state index contributed by atoms with van der Waals surface area (Å²) in [5, 5.41) is 16.1. The molecule has 4 rings (SSSR count). The second-order valence-corrected chi connectivity index (χ2v) is 8.29. The first-order valence-electron chi connectivity index (χ1n) is 10.5. The third-order valence-electron chi connectivity index (χ3n) is 5.96. The highest BCUT2D eigenvalue weighted by molar-refractivity contribution is 5.98. The van der Waals surface area contributed by atoms with Crippen LogP contribution in [0.1, 0.15) is 46.2 Å². The lowest BCUT2D eigenvalue weighted by molar-refractivity contribution is -0.605. The molecule has 1 fully saturated rings. The second kappa shape index (κ2) is 8.71. The number of nitrogens with zero attached hydrogens (tertiary/aromatic N) is 3. The molecule has 31 heavy (non-hydrogen) atoms. The number of nitrogens with one attached hydrogen (secondary N) is 1. The average molecular weight is 418 g/mol. The molecule has 1 aliphatic heterocycles. The summed E-state index contributed by atoms with van der Waals surface area (Å²) >= 11 is 0. The molecular weight excluding hydrogens is 392 g/mol. The number of carbonyl (C=O) groups is 2. The highest BCUT2D eigenvalue weighted by Crippen LogP contribution is 2.25. The second-order valence-electron chi connectivity index (χ2n) is 8.29. The first-order valence-corrected chi connectivity index (χ1v) is 10.5. The summed E-state index contributed by atoms with van der Waals surface area (Å²) in [5.41, 5.74) is 2.04. The number of hydrogen-bond acceptors (Lipinski definition) is 4. The van der Waals surface area contributed by atoms with Gasteiger partial charge in [0.05, 0.1) is 5.56 Å². The molecule has 1 N–H and O–H groups in total. The van der Waals surface area contributed by atoms with E-state index in [1.807, 2.05) is 42.3 Å². The molecule has 3 heterocycles. The monoisotopic (exact) mass is 418 g/mol. The van der Waals surface area contributed by atoms with Crippen LogP contribution in [0.15, 0.2) is 55.0 Å². The smallest absolute Gasteiger partial charge is 0.254 e. The summed E-state index contributed by atoms with van der Waals surface area (Å²) in [6.07, 6.45) is 6.27. The van der Waals surface area contributed by atoms with Gasteiger partial charge in [-0.15, -0.1) is 0 Å². The summed E-state index contributed by atoms with van der Waals surface area (Å²) in [6.45, 7) is 5.10. The van der Waals surface area contributed by atoms with Gasteiger partial charge in [-0.2, -0.15) is 4.73 Å². The van der Waals surface area contributed by atoms with Crippen molar-refractivity contribution in [2.45, 2.75) is 32.7 Å². The van der Waals surface area contributed by atoms with E-state index in [-0.39, 0.29) is 23.8 Å². The van der Waals surface area contributed by atoms with Crippen molar-refractivity contribution in [2.24, 2.45) is 5.92 Å². The van der Waals surface area contributed by atoms with Crippen molar-refractivity contribution < 1.29 is 14.3 Å². The molecule has 160 valence electrons. The SMILES string of the molecule is Cc1cc2cc(C(=O)N3CC(CNC(=O)c4cc[n+]([O-])cc4)CCC3C)ccc2cn1. The van der Waals surface area contributed by atoms with Crippen molar-refractivity contribution in [3.63, 3.8) is 0 Å². The van der Waals surface area contributed by atoms with E-state index in [0.29, 0.717) is 28.9 Å². The third kappa shape index (κ3) is 4.66. The minimum Gasteiger partial charge on any atom is -0.619 e.